The normalized spacial score (nSPS) is 20.9. The van der Waals surface area contributed by atoms with E-state index >= 15 is 0 Å². The van der Waals surface area contributed by atoms with Crippen LogP contribution in [-0.4, -0.2) is 67.1 Å². The molecule has 1 aliphatic carbocycles. The van der Waals surface area contributed by atoms with E-state index in [0.717, 1.165) is 51.3 Å². The molecule has 0 aromatic heterocycles. The molecule has 1 aliphatic heterocycles. The van der Waals surface area contributed by atoms with E-state index < -0.39 is 0 Å². The molecule has 1 atom stereocenters. The predicted octanol–water partition coefficient (Wildman–Crippen LogP) is 1.35. The Morgan fingerprint density at radius 2 is 1.91 bits per heavy atom. The first-order valence-electron chi connectivity index (χ1n) is 8.67. The fraction of sp³-hybridized carbons (Fsp3) is 0.611. The van der Waals surface area contributed by atoms with Gasteiger partial charge in [0, 0.05) is 38.8 Å². The first kappa shape index (κ1) is 16.3. The molecule has 3 rings (SSSR count). The highest BCUT2D eigenvalue weighted by molar-refractivity contribution is 5.81. The molecule has 5 nitrogen and oxygen atoms in total. The van der Waals surface area contributed by atoms with Gasteiger partial charge in [0.25, 0.3) is 0 Å². The highest BCUT2D eigenvalue weighted by atomic mass is 16.5. The minimum Gasteiger partial charge on any atom is -0.492 e. The van der Waals surface area contributed by atoms with Gasteiger partial charge in [-0.3, -0.25) is 14.6 Å². The van der Waals surface area contributed by atoms with Crippen LogP contribution in [0.4, 0.5) is 0 Å². The number of ether oxygens (including phenoxy) is 1. The van der Waals surface area contributed by atoms with Crippen molar-refractivity contribution in [1.29, 1.82) is 0 Å². The van der Waals surface area contributed by atoms with Crippen molar-refractivity contribution >= 4 is 5.91 Å². The van der Waals surface area contributed by atoms with Crippen molar-refractivity contribution in [3.8, 4) is 5.75 Å². The molecule has 23 heavy (non-hydrogen) atoms. The molecule has 0 unspecified atom stereocenters. The molecule has 1 heterocycles. The maximum atomic E-state index is 12.1. The molecule has 126 valence electrons. The topological polar surface area (TPSA) is 44.8 Å². The quantitative estimate of drug-likeness (QED) is 0.824. The number of carbonyl (C=O) groups excluding carboxylic acids is 1. The van der Waals surface area contributed by atoms with Crippen molar-refractivity contribution in [3.63, 3.8) is 0 Å². The van der Waals surface area contributed by atoms with Gasteiger partial charge in [-0.25, -0.2) is 0 Å². The molecule has 2 fully saturated rings. The number of nitrogens with zero attached hydrogens (tertiary/aromatic N) is 2. The van der Waals surface area contributed by atoms with Crippen molar-refractivity contribution in [2.24, 2.45) is 0 Å². The standard InChI is InChI=1S/C18H27N3O2/c1-15(18(22)19-16-7-8-16)21-11-9-20(10-12-21)13-14-23-17-5-3-2-4-6-17/h2-6,15-16H,7-14H2,1H3,(H,19,22)/t15-/m1/s1. The summed E-state index contributed by atoms with van der Waals surface area (Å²) in [4.78, 5) is 16.8. The number of amides is 1. The number of piperazine rings is 1. The van der Waals surface area contributed by atoms with Crippen LogP contribution in [-0.2, 0) is 4.79 Å². The van der Waals surface area contributed by atoms with Crippen LogP contribution >= 0.6 is 0 Å². The van der Waals surface area contributed by atoms with Crippen LogP contribution in [0.15, 0.2) is 30.3 Å². The Labute approximate surface area is 138 Å². The van der Waals surface area contributed by atoms with Gasteiger partial charge in [-0.1, -0.05) is 18.2 Å². The number of hydrogen-bond donors (Lipinski definition) is 1. The van der Waals surface area contributed by atoms with E-state index in [-0.39, 0.29) is 11.9 Å². The van der Waals surface area contributed by atoms with E-state index in [1.165, 1.54) is 0 Å². The van der Waals surface area contributed by atoms with Crippen molar-refractivity contribution < 1.29 is 9.53 Å². The summed E-state index contributed by atoms with van der Waals surface area (Å²) in [5.74, 6) is 1.12. The highest BCUT2D eigenvalue weighted by Gasteiger charge is 2.29. The fourth-order valence-corrected chi connectivity index (χ4v) is 2.90. The van der Waals surface area contributed by atoms with Gasteiger partial charge in [0.1, 0.15) is 12.4 Å². The summed E-state index contributed by atoms with van der Waals surface area (Å²) in [6, 6.07) is 10.4. The molecule has 5 heteroatoms. The molecule has 1 amide bonds. The molecular formula is C18H27N3O2. The summed E-state index contributed by atoms with van der Waals surface area (Å²) in [7, 11) is 0. The fourth-order valence-electron chi connectivity index (χ4n) is 2.90. The summed E-state index contributed by atoms with van der Waals surface area (Å²) in [6.07, 6.45) is 2.29. The SMILES string of the molecule is C[C@H](C(=O)NC1CC1)N1CCN(CCOc2ccccc2)CC1. The smallest absolute Gasteiger partial charge is 0.237 e. The molecule has 1 saturated heterocycles. The summed E-state index contributed by atoms with van der Waals surface area (Å²) >= 11 is 0. The van der Waals surface area contributed by atoms with Crippen molar-refractivity contribution in [1.82, 2.24) is 15.1 Å². The van der Waals surface area contributed by atoms with Crippen LogP contribution in [0.25, 0.3) is 0 Å². The van der Waals surface area contributed by atoms with Gasteiger partial charge in [0.15, 0.2) is 0 Å². The van der Waals surface area contributed by atoms with Gasteiger partial charge in [-0.15, -0.1) is 0 Å². The van der Waals surface area contributed by atoms with E-state index in [2.05, 4.69) is 15.1 Å². The van der Waals surface area contributed by atoms with Gasteiger partial charge in [-0.05, 0) is 31.9 Å². The first-order valence-corrected chi connectivity index (χ1v) is 8.67. The summed E-state index contributed by atoms with van der Waals surface area (Å²) in [5, 5.41) is 3.10. The Balaban J connectivity index is 1.34. The van der Waals surface area contributed by atoms with Crippen LogP contribution < -0.4 is 10.1 Å². The maximum absolute atomic E-state index is 12.1. The molecule has 1 aromatic rings. The largest absolute Gasteiger partial charge is 0.492 e. The van der Waals surface area contributed by atoms with Crippen LogP contribution in [0.2, 0.25) is 0 Å². The van der Waals surface area contributed by atoms with Crippen LogP contribution in [0.3, 0.4) is 0 Å². The Bertz CT molecular complexity index is 496. The Kier molecular flexibility index (Phi) is 5.51. The van der Waals surface area contributed by atoms with E-state index in [9.17, 15) is 4.79 Å². The molecule has 0 bridgehead atoms. The summed E-state index contributed by atoms with van der Waals surface area (Å²) in [6.45, 7) is 7.56. The third-order valence-corrected chi connectivity index (χ3v) is 4.68. The minimum absolute atomic E-state index is 0.0154. The predicted molar refractivity (Wildman–Crippen MR) is 90.6 cm³/mol. The zero-order chi connectivity index (χ0) is 16.1. The molecule has 0 radical (unpaired) electrons. The van der Waals surface area contributed by atoms with Gasteiger partial charge in [0.2, 0.25) is 5.91 Å². The number of benzene rings is 1. The van der Waals surface area contributed by atoms with Gasteiger partial charge >= 0.3 is 0 Å². The number of nitrogens with one attached hydrogen (secondary N) is 1. The third-order valence-electron chi connectivity index (χ3n) is 4.68. The zero-order valence-corrected chi connectivity index (χ0v) is 13.9. The van der Waals surface area contributed by atoms with Gasteiger partial charge in [-0.2, -0.15) is 0 Å². The lowest BCUT2D eigenvalue weighted by atomic mass is 10.2. The number of hydrogen-bond acceptors (Lipinski definition) is 4. The van der Waals surface area contributed by atoms with Crippen molar-refractivity contribution in [2.75, 3.05) is 39.3 Å². The van der Waals surface area contributed by atoms with Crippen LogP contribution in [0.1, 0.15) is 19.8 Å². The van der Waals surface area contributed by atoms with E-state index in [0.29, 0.717) is 12.6 Å². The molecule has 2 aliphatic rings. The second kappa shape index (κ2) is 7.79. The third kappa shape index (κ3) is 4.94. The molecule has 1 N–H and O–H groups in total. The lowest BCUT2D eigenvalue weighted by Gasteiger charge is -2.37. The highest BCUT2D eigenvalue weighted by Crippen LogP contribution is 2.19. The first-order chi connectivity index (χ1) is 11.2. The second-order valence-electron chi connectivity index (χ2n) is 6.50. The van der Waals surface area contributed by atoms with Crippen molar-refractivity contribution in [2.45, 2.75) is 31.8 Å². The molecule has 1 aromatic carbocycles. The Morgan fingerprint density at radius 3 is 2.57 bits per heavy atom. The lowest BCUT2D eigenvalue weighted by molar-refractivity contribution is -0.126. The lowest BCUT2D eigenvalue weighted by Crippen LogP contribution is -2.54. The summed E-state index contributed by atoms with van der Waals surface area (Å²) < 4.78 is 5.75. The number of rotatable bonds is 7. The molecule has 1 saturated carbocycles. The Hall–Kier alpha value is -1.59. The van der Waals surface area contributed by atoms with E-state index in [1.807, 2.05) is 37.3 Å². The van der Waals surface area contributed by atoms with Gasteiger partial charge < -0.3 is 10.1 Å². The number of carbonyl (C=O) groups is 1. The zero-order valence-electron chi connectivity index (χ0n) is 13.9. The number of para-hydroxylation sites is 1. The van der Waals surface area contributed by atoms with E-state index in [1.54, 1.807) is 0 Å². The molecule has 0 spiro atoms. The Morgan fingerprint density at radius 1 is 1.22 bits per heavy atom. The molecular weight excluding hydrogens is 290 g/mol. The van der Waals surface area contributed by atoms with Gasteiger partial charge in [0.05, 0.1) is 6.04 Å². The van der Waals surface area contributed by atoms with Crippen LogP contribution in [0, 0.1) is 0 Å². The summed E-state index contributed by atoms with van der Waals surface area (Å²) in [5.41, 5.74) is 0. The van der Waals surface area contributed by atoms with Crippen LogP contribution in [0.5, 0.6) is 5.75 Å². The second-order valence-corrected chi connectivity index (χ2v) is 6.50. The minimum atomic E-state index is -0.0154. The van der Waals surface area contributed by atoms with Crippen molar-refractivity contribution in [3.05, 3.63) is 30.3 Å². The maximum Gasteiger partial charge on any atom is 0.237 e. The average Bonchev–Trinajstić information content (AvgIpc) is 3.40. The van der Waals surface area contributed by atoms with E-state index in [4.69, 9.17) is 4.74 Å². The average molecular weight is 317 g/mol. The monoisotopic (exact) mass is 317 g/mol.